The largest absolute Gasteiger partial charge is 0.433 e. The van der Waals surface area contributed by atoms with E-state index in [1.165, 1.54) is 6.07 Å². The van der Waals surface area contributed by atoms with Crippen LogP contribution in [0.4, 0.5) is 30.7 Å². The number of aromatic nitrogens is 1. The van der Waals surface area contributed by atoms with Crippen LogP contribution in [0.1, 0.15) is 30.7 Å². The van der Waals surface area contributed by atoms with Crippen LogP contribution in [0.5, 0.6) is 0 Å². The van der Waals surface area contributed by atoms with Gasteiger partial charge < -0.3 is 10.6 Å². The van der Waals surface area contributed by atoms with Gasteiger partial charge in [-0.3, -0.25) is 10.7 Å². The van der Waals surface area contributed by atoms with Crippen LogP contribution in [0.15, 0.2) is 28.2 Å². The number of hydrogen-bond donors (Lipinski definition) is 3. The van der Waals surface area contributed by atoms with Crippen molar-refractivity contribution in [2.45, 2.75) is 43.1 Å². The lowest BCUT2D eigenvalue weighted by Gasteiger charge is -2.34. The predicted octanol–water partition coefficient (Wildman–Crippen LogP) is 2.71. The van der Waals surface area contributed by atoms with Crippen molar-refractivity contribution in [1.82, 2.24) is 15.6 Å². The molecule has 2 aliphatic carbocycles. The van der Waals surface area contributed by atoms with Crippen LogP contribution >= 0.6 is 0 Å². The van der Waals surface area contributed by atoms with Gasteiger partial charge in [0.05, 0.1) is 6.54 Å². The van der Waals surface area contributed by atoms with Crippen LogP contribution in [0.2, 0.25) is 0 Å². The lowest BCUT2D eigenvalue weighted by molar-refractivity contribution is -0.141. The zero-order valence-corrected chi connectivity index (χ0v) is 15.3. The van der Waals surface area contributed by atoms with Gasteiger partial charge in [-0.1, -0.05) is 6.07 Å². The summed E-state index contributed by atoms with van der Waals surface area (Å²) in [6, 6.07) is 3.09. The Hall–Kier alpha value is -2.44. The van der Waals surface area contributed by atoms with E-state index in [-0.39, 0.29) is 36.9 Å². The quantitative estimate of drug-likeness (QED) is 0.617. The minimum absolute atomic E-state index is 0.145. The molecule has 30 heavy (non-hydrogen) atoms. The first-order valence-electron chi connectivity index (χ1n) is 9.06. The zero-order valence-electron chi connectivity index (χ0n) is 15.3. The van der Waals surface area contributed by atoms with Crippen molar-refractivity contribution in [3.8, 4) is 0 Å². The number of aliphatic imine (C=N–C) groups is 2. The van der Waals surface area contributed by atoms with Gasteiger partial charge in [0.25, 0.3) is 11.8 Å². The Morgan fingerprint density at radius 3 is 2.30 bits per heavy atom. The first-order chi connectivity index (χ1) is 13.8. The summed E-state index contributed by atoms with van der Waals surface area (Å²) >= 11 is 0. The Morgan fingerprint density at radius 1 is 1.10 bits per heavy atom. The molecule has 1 aromatic heterocycles. The molecule has 4 rings (SSSR count). The molecule has 1 aromatic rings. The zero-order chi connectivity index (χ0) is 21.9. The van der Waals surface area contributed by atoms with Crippen molar-refractivity contribution in [2.24, 2.45) is 27.6 Å². The highest BCUT2D eigenvalue weighted by Gasteiger charge is 2.59. The molecule has 3 aliphatic rings. The number of nitrogens with zero attached hydrogens (tertiary/aromatic N) is 3. The fraction of sp³-hybridized carbons (Fsp3) is 0.588. The number of amidine groups is 1. The molecular formula is C17H17F7N6. The third kappa shape index (κ3) is 4.35. The molecule has 0 amide bonds. The van der Waals surface area contributed by atoms with E-state index in [0.717, 1.165) is 12.1 Å². The van der Waals surface area contributed by atoms with E-state index in [9.17, 15) is 30.7 Å². The second kappa shape index (κ2) is 6.53. The molecule has 3 unspecified atom stereocenters. The molecule has 0 saturated heterocycles. The number of halogens is 7. The molecule has 0 spiro atoms. The van der Waals surface area contributed by atoms with Crippen molar-refractivity contribution < 1.29 is 30.7 Å². The highest BCUT2D eigenvalue weighted by atomic mass is 19.4. The molecule has 1 aliphatic heterocycles. The third-order valence-electron chi connectivity index (χ3n) is 5.10. The molecule has 2 saturated carbocycles. The SMILES string of the molecule is NC1(CC2CC2(F)F)N=C(c2cccc(C(F)(F)F)n2)NC(=NCC2CC2(F)F)N1. The Kier molecular flexibility index (Phi) is 4.53. The minimum Gasteiger partial charge on any atom is -0.319 e. The van der Waals surface area contributed by atoms with Crippen LogP contribution in [-0.2, 0) is 6.18 Å². The maximum atomic E-state index is 13.4. The summed E-state index contributed by atoms with van der Waals surface area (Å²) in [5, 5.41) is 5.17. The van der Waals surface area contributed by atoms with Crippen LogP contribution in [0.3, 0.4) is 0 Å². The highest BCUT2D eigenvalue weighted by Crippen LogP contribution is 2.52. The molecule has 164 valence electrons. The van der Waals surface area contributed by atoms with E-state index in [0.29, 0.717) is 0 Å². The number of pyridine rings is 1. The van der Waals surface area contributed by atoms with Crippen LogP contribution in [-0.4, -0.2) is 41.0 Å². The van der Waals surface area contributed by atoms with Crippen molar-refractivity contribution in [2.75, 3.05) is 6.54 Å². The summed E-state index contributed by atoms with van der Waals surface area (Å²) in [6.45, 7) is -0.276. The van der Waals surface area contributed by atoms with Crippen LogP contribution in [0.25, 0.3) is 0 Å². The maximum absolute atomic E-state index is 13.4. The number of rotatable bonds is 5. The average Bonchev–Trinajstić information content (AvgIpc) is 3.44. The Bertz CT molecular complexity index is 912. The topological polar surface area (TPSA) is 87.7 Å². The number of nitrogens with one attached hydrogen (secondary N) is 2. The molecule has 13 heteroatoms. The van der Waals surface area contributed by atoms with Gasteiger partial charge >= 0.3 is 6.18 Å². The third-order valence-corrected chi connectivity index (χ3v) is 5.10. The first kappa shape index (κ1) is 20.8. The Labute approximate surface area is 165 Å². The van der Waals surface area contributed by atoms with Gasteiger partial charge in [0, 0.05) is 31.1 Å². The van der Waals surface area contributed by atoms with Crippen molar-refractivity contribution in [3.63, 3.8) is 0 Å². The smallest absolute Gasteiger partial charge is 0.319 e. The van der Waals surface area contributed by atoms with Crippen molar-refractivity contribution in [1.29, 1.82) is 0 Å². The van der Waals surface area contributed by atoms with E-state index < -0.39 is 47.8 Å². The normalized spacial score (nSPS) is 32.8. The fourth-order valence-electron chi connectivity index (χ4n) is 3.16. The lowest BCUT2D eigenvalue weighted by atomic mass is 10.1. The monoisotopic (exact) mass is 438 g/mol. The van der Waals surface area contributed by atoms with E-state index in [1.54, 1.807) is 0 Å². The fourth-order valence-corrected chi connectivity index (χ4v) is 3.16. The summed E-state index contributed by atoms with van der Waals surface area (Å²) in [5.74, 6) is -9.96. The predicted molar refractivity (Wildman–Crippen MR) is 92.0 cm³/mol. The van der Waals surface area contributed by atoms with Gasteiger partial charge in [0.1, 0.15) is 11.4 Å². The molecule has 0 bridgehead atoms. The number of alkyl halides is 7. The molecule has 2 heterocycles. The van der Waals surface area contributed by atoms with Gasteiger partial charge in [-0.15, -0.1) is 0 Å². The molecule has 0 radical (unpaired) electrons. The molecule has 6 nitrogen and oxygen atoms in total. The minimum atomic E-state index is -4.71. The van der Waals surface area contributed by atoms with E-state index in [1.807, 2.05) is 0 Å². The number of guanidine groups is 1. The first-order valence-corrected chi connectivity index (χ1v) is 9.06. The number of hydrogen-bond acceptors (Lipinski definition) is 4. The summed E-state index contributed by atoms with van der Waals surface area (Å²) in [6.07, 6.45) is -5.77. The maximum Gasteiger partial charge on any atom is 0.433 e. The Balaban J connectivity index is 1.62. The van der Waals surface area contributed by atoms with Gasteiger partial charge in [-0.05, 0) is 12.1 Å². The highest BCUT2D eigenvalue weighted by molar-refractivity contribution is 6.09. The van der Waals surface area contributed by atoms with Crippen LogP contribution in [0, 0.1) is 11.8 Å². The van der Waals surface area contributed by atoms with Crippen molar-refractivity contribution >= 4 is 11.8 Å². The second-order valence-electron chi connectivity index (χ2n) is 7.76. The van der Waals surface area contributed by atoms with E-state index >= 15 is 0 Å². The molecule has 3 atom stereocenters. The lowest BCUT2D eigenvalue weighted by Crippen LogP contribution is -2.64. The van der Waals surface area contributed by atoms with Crippen molar-refractivity contribution in [3.05, 3.63) is 29.6 Å². The average molecular weight is 438 g/mol. The van der Waals surface area contributed by atoms with E-state index in [2.05, 4.69) is 25.6 Å². The molecule has 2 fully saturated rings. The standard InChI is InChI=1S/C17H17F7N6/c18-14(19)4-8(14)6-16(25)29-12(10-2-1-3-11(27-10)17(22,23)24)28-13(30-16)26-7-9-5-15(9,20)21/h1-3,8-9H,4-7,25H2,(H2,26,28,29,30). The van der Waals surface area contributed by atoms with Gasteiger partial charge in [0.15, 0.2) is 17.6 Å². The number of nitrogens with two attached hydrogens (primary N) is 1. The van der Waals surface area contributed by atoms with Crippen LogP contribution < -0.4 is 16.4 Å². The molecule has 4 N–H and O–H groups in total. The summed E-state index contributed by atoms with van der Waals surface area (Å²) < 4.78 is 91.9. The second-order valence-corrected chi connectivity index (χ2v) is 7.76. The Morgan fingerprint density at radius 2 is 1.73 bits per heavy atom. The van der Waals surface area contributed by atoms with Gasteiger partial charge in [0.2, 0.25) is 0 Å². The summed E-state index contributed by atoms with van der Waals surface area (Å²) in [5.41, 5.74) is 4.66. The van der Waals surface area contributed by atoms with E-state index in [4.69, 9.17) is 5.73 Å². The molecule has 0 aromatic carbocycles. The van der Waals surface area contributed by atoms with Gasteiger partial charge in [-0.2, -0.15) is 13.2 Å². The molecular weight excluding hydrogens is 421 g/mol. The summed E-state index contributed by atoms with van der Waals surface area (Å²) in [4.78, 5) is 11.5. The van der Waals surface area contributed by atoms with Gasteiger partial charge in [-0.25, -0.2) is 27.5 Å². The summed E-state index contributed by atoms with van der Waals surface area (Å²) in [7, 11) is 0.